The van der Waals surface area contributed by atoms with Crippen LogP contribution in [0.5, 0.6) is 5.75 Å². The fourth-order valence-electron chi connectivity index (χ4n) is 2.09. The molecule has 0 aliphatic heterocycles. The van der Waals surface area contributed by atoms with Crippen LogP contribution in [0.15, 0.2) is 35.4 Å². The highest BCUT2D eigenvalue weighted by atomic mass is 32.2. The number of methoxy groups -OCH3 is 1. The number of sulfonamides is 1. The molecule has 7 heteroatoms. The van der Waals surface area contributed by atoms with Gasteiger partial charge >= 0.3 is 0 Å². The molecule has 0 fully saturated rings. The van der Waals surface area contributed by atoms with E-state index in [9.17, 15) is 12.8 Å². The summed E-state index contributed by atoms with van der Waals surface area (Å²) in [5, 5.41) is 0. The second-order valence-corrected chi connectivity index (χ2v) is 6.18. The number of nitrogens with one attached hydrogen (secondary N) is 1. The van der Waals surface area contributed by atoms with E-state index < -0.39 is 16.0 Å². The first kappa shape index (κ1) is 15.2. The highest BCUT2D eigenvalue weighted by molar-refractivity contribution is 7.92. The first-order valence-corrected chi connectivity index (χ1v) is 7.61. The van der Waals surface area contributed by atoms with E-state index in [0.29, 0.717) is 16.9 Å². The van der Waals surface area contributed by atoms with Gasteiger partial charge in [0.05, 0.1) is 23.9 Å². The van der Waals surface area contributed by atoms with Crippen molar-refractivity contribution in [3.8, 4) is 5.75 Å². The number of hydrogen-bond donors (Lipinski definition) is 1. The Balaban J connectivity index is 2.42. The Hall–Kier alpha value is -2.15. The number of nitrogens with zero attached hydrogens (tertiary/aromatic N) is 1. The average molecular weight is 310 g/mol. The number of pyridine rings is 1. The van der Waals surface area contributed by atoms with E-state index in [-0.39, 0.29) is 10.6 Å². The third-order valence-electron chi connectivity index (χ3n) is 2.92. The summed E-state index contributed by atoms with van der Waals surface area (Å²) in [6.45, 7) is 3.37. The zero-order chi connectivity index (χ0) is 15.6. The first-order valence-electron chi connectivity index (χ1n) is 6.13. The highest BCUT2D eigenvalue weighted by Gasteiger charge is 2.20. The Morgan fingerprint density at radius 1 is 1.19 bits per heavy atom. The summed E-state index contributed by atoms with van der Waals surface area (Å²) in [6.07, 6.45) is 1.13. The molecule has 112 valence electrons. The van der Waals surface area contributed by atoms with Crippen molar-refractivity contribution in [2.75, 3.05) is 11.8 Å². The molecular weight excluding hydrogens is 295 g/mol. The van der Waals surface area contributed by atoms with Crippen molar-refractivity contribution in [3.63, 3.8) is 0 Å². The smallest absolute Gasteiger partial charge is 0.262 e. The van der Waals surface area contributed by atoms with Crippen LogP contribution in [0, 0.1) is 19.8 Å². The summed E-state index contributed by atoms with van der Waals surface area (Å²) < 4.78 is 45.2. The van der Waals surface area contributed by atoms with Crippen LogP contribution in [0.4, 0.5) is 10.1 Å². The maximum atomic E-state index is 12.8. The Morgan fingerprint density at radius 2 is 1.81 bits per heavy atom. The molecule has 1 N–H and O–H groups in total. The van der Waals surface area contributed by atoms with E-state index in [2.05, 4.69) is 9.71 Å². The molecule has 0 aliphatic carbocycles. The predicted molar refractivity (Wildman–Crippen MR) is 77.5 cm³/mol. The van der Waals surface area contributed by atoms with Crippen LogP contribution in [0.2, 0.25) is 0 Å². The summed E-state index contributed by atoms with van der Waals surface area (Å²) in [4.78, 5) is 3.59. The van der Waals surface area contributed by atoms with Crippen LogP contribution in [0.25, 0.3) is 0 Å². The Bertz CT molecular complexity index is 735. The van der Waals surface area contributed by atoms with Crippen molar-refractivity contribution < 1.29 is 17.5 Å². The minimum absolute atomic E-state index is 0.174. The molecule has 0 radical (unpaired) electrons. The molecule has 0 amide bonds. The first-order chi connectivity index (χ1) is 9.83. The lowest BCUT2D eigenvalue weighted by Gasteiger charge is -2.14. The standard InChI is InChI=1S/C14H15FN2O3S/c1-9-6-12(20-3)7-10(2)14(9)21(18,19)17-11-4-5-13(15)16-8-11/h4-8,17H,1-3H3. The molecule has 0 saturated heterocycles. The van der Waals surface area contributed by atoms with Gasteiger partial charge in [-0.25, -0.2) is 13.4 Å². The summed E-state index contributed by atoms with van der Waals surface area (Å²) in [5.41, 5.74) is 1.33. The topological polar surface area (TPSA) is 68.3 Å². The van der Waals surface area contributed by atoms with Gasteiger partial charge in [0.1, 0.15) is 5.75 Å². The van der Waals surface area contributed by atoms with Gasteiger partial charge in [-0.3, -0.25) is 4.72 Å². The van der Waals surface area contributed by atoms with E-state index in [4.69, 9.17) is 4.74 Å². The molecule has 0 atom stereocenters. The second kappa shape index (κ2) is 5.69. The summed E-state index contributed by atoms with van der Waals surface area (Å²) in [7, 11) is -2.26. The highest BCUT2D eigenvalue weighted by Crippen LogP contribution is 2.27. The molecule has 2 aromatic rings. The van der Waals surface area contributed by atoms with Gasteiger partial charge in [0.25, 0.3) is 10.0 Å². The number of aromatic nitrogens is 1. The van der Waals surface area contributed by atoms with E-state index in [1.165, 1.54) is 13.2 Å². The van der Waals surface area contributed by atoms with Gasteiger partial charge in [-0.1, -0.05) is 0 Å². The van der Waals surface area contributed by atoms with Crippen molar-refractivity contribution in [1.29, 1.82) is 0 Å². The molecule has 1 aromatic heterocycles. The lowest BCUT2D eigenvalue weighted by molar-refractivity contribution is 0.413. The van der Waals surface area contributed by atoms with Crippen LogP contribution in [0.1, 0.15) is 11.1 Å². The Labute approximate surface area is 122 Å². The number of halogens is 1. The maximum Gasteiger partial charge on any atom is 0.262 e. The zero-order valence-corrected chi connectivity index (χ0v) is 12.7. The molecule has 0 saturated carbocycles. The Morgan fingerprint density at radius 3 is 2.29 bits per heavy atom. The number of anilines is 1. The van der Waals surface area contributed by atoms with E-state index in [1.54, 1.807) is 26.0 Å². The molecule has 0 bridgehead atoms. The molecule has 0 spiro atoms. The van der Waals surface area contributed by atoms with Crippen molar-refractivity contribution in [3.05, 3.63) is 47.5 Å². The van der Waals surface area contributed by atoms with Gasteiger partial charge in [0.2, 0.25) is 5.95 Å². The lowest BCUT2D eigenvalue weighted by atomic mass is 10.1. The summed E-state index contributed by atoms with van der Waals surface area (Å²) in [6, 6.07) is 5.69. The number of rotatable bonds is 4. The summed E-state index contributed by atoms with van der Waals surface area (Å²) in [5.74, 6) is -0.0813. The second-order valence-electron chi connectivity index (χ2n) is 4.57. The number of hydrogen-bond acceptors (Lipinski definition) is 4. The minimum atomic E-state index is -3.78. The molecular formula is C14H15FN2O3S. The summed E-state index contributed by atoms with van der Waals surface area (Å²) >= 11 is 0. The Kier molecular flexibility index (Phi) is 4.13. The van der Waals surface area contributed by atoms with Gasteiger partial charge < -0.3 is 4.74 Å². The molecule has 2 rings (SSSR count). The molecule has 5 nitrogen and oxygen atoms in total. The van der Waals surface area contributed by atoms with Gasteiger partial charge in [0, 0.05) is 0 Å². The van der Waals surface area contributed by atoms with Gasteiger partial charge in [-0.2, -0.15) is 4.39 Å². The van der Waals surface area contributed by atoms with Crippen LogP contribution < -0.4 is 9.46 Å². The SMILES string of the molecule is COc1cc(C)c(S(=O)(=O)Nc2ccc(F)nc2)c(C)c1. The molecule has 1 heterocycles. The fourth-order valence-corrected chi connectivity index (χ4v) is 3.59. The van der Waals surface area contributed by atoms with Crippen LogP contribution in [0.3, 0.4) is 0 Å². The quantitative estimate of drug-likeness (QED) is 0.882. The monoisotopic (exact) mass is 310 g/mol. The van der Waals surface area contributed by atoms with Crippen molar-refractivity contribution >= 4 is 15.7 Å². The zero-order valence-electron chi connectivity index (χ0n) is 11.8. The molecule has 1 aromatic carbocycles. The van der Waals surface area contributed by atoms with Crippen molar-refractivity contribution in [1.82, 2.24) is 4.98 Å². The van der Waals surface area contributed by atoms with Gasteiger partial charge in [0.15, 0.2) is 0 Å². The molecule has 21 heavy (non-hydrogen) atoms. The lowest BCUT2D eigenvalue weighted by Crippen LogP contribution is -2.16. The number of ether oxygens (including phenoxy) is 1. The largest absolute Gasteiger partial charge is 0.497 e. The van der Waals surface area contributed by atoms with Crippen molar-refractivity contribution in [2.24, 2.45) is 0 Å². The predicted octanol–water partition coefficient (Wildman–Crippen LogP) is 2.65. The van der Waals surface area contributed by atoms with E-state index in [1.807, 2.05) is 0 Å². The van der Waals surface area contributed by atoms with E-state index >= 15 is 0 Å². The van der Waals surface area contributed by atoms with Crippen LogP contribution in [-0.4, -0.2) is 20.5 Å². The van der Waals surface area contributed by atoms with Crippen LogP contribution >= 0.6 is 0 Å². The minimum Gasteiger partial charge on any atom is -0.497 e. The average Bonchev–Trinajstić information content (AvgIpc) is 2.39. The van der Waals surface area contributed by atoms with Gasteiger partial charge in [-0.15, -0.1) is 0 Å². The van der Waals surface area contributed by atoms with Crippen LogP contribution in [-0.2, 0) is 10.0 Å². The normalized spacial score (nSPS) is 11.2. The number of benzene rings is 1. The maximum absolute atomic E-state index is 12.8. The fraction of sp³-hybridized carbons (Fsp3) is 0.214. The number of aryl methyl sites for hydroxylation is 2. The molecule has 0 aliphatic rings. The van der Waals surface area contributed by atoms with Crippen molar-refractivity contribution in [2.45, 2.75) is 18.7 Å². The third-order valence-corrected chi connectivity index (χ3v) is 4.60. The molecule has 0 unspecified atom stereocenters. The third kappa shape index (κ3) is 3.30. The van der Waals surface area contributed by atoms with E-state index in [0.717, 1.165) is 12.3 Å². The van der Waals surface area contributed by atoms with Gasteiger partial charge in [-0.05, 0) is 49.2 Å².